The first-order valence-corrected chi connectivity index (χ1v) is 9.72. The van der Waals surface area contributed by atoms with Crippen LogP contribution in [0.5, 0.6) is 0 Å². The molecule has 0 aliphatic heterocycles. The summed E-state index contributed by atoms with van der Waals surface area (Å²) in [7, 11) is -2.68. The average molecular weight is 315 g/mol. The van der Waals surface area contributed by atoms with Gasteiger partial charge in [-0.25, -0.2) is 0 Å². The van der Waals surface area contributed by atoms with Crippen molar-refractivity contribution in [2.24, 2.45) is 0 Å². The van der Waals surface area contributed by atoms with Crippen LogP contribution in [0, 0.1) is 0 Å². The predicted octanol–water partition coefficient (Wildman–Crippen LogP) is 3.58. The fourth-order valence-electron chi connectivity index (χ4n) is 2.28. The first-order valence-electron chi connectivity index (χ1n) is 7.29. The van der Waals surface area contributed by atoms with Crippen LogP contribution in [0.2, 0.25) is 5.54 Å². The molecule has 3 nitrogen and oxygen atoms in total. The van der Waals surface area contributed by atoms with E-state index in [-0.39, 0.29) is 5.54 Å². The molecule has 0 amide bonds. The van der Waals surface area contributed by atoms with Gasteiger partial charge in [0, 0.05) is 25.4 Å². The van der Waals surface area contributed by atoms with Crippen molar-refractivity contribution in [3.63, 3.8) is 0 Å². The van der Waals surface area contributed by atoms with E-state index in [9.17, 15) is 0 Å². The standard InChI is InChI=1S/C15H26O3SSi/c1-4-16-20(17-5-2,18-6-3)15(13-19)12-14-10-8-7-9-11-14/h7-11,15,19H,4-6,12-13H2,1-3H3. The van der Waals surface area contributed by atoms with Gasteiger partial charge in [0.2, 0.25) is 0 Å². The van der Waals surface area contributed by atoms with Crippen molar-refractivity contribution in [2.75, 3.05) is 25.6 Å². The van der Waals surface area contributed by atoms with Gasteiger partial charge in [0.15, 0.2) is 0 Å². The molecule has 0 bridgehead atoms. The molecular formula is C15H26O3SSi. The molecule has 20 heavy (non-hydrogen) atoms. The molecule has 1 aromatic carbocycles. The summed E-state index contributed by atoms with van der Waals surface area (Å²) in [5.41, 5.74) is 1.44. The largest absolute Gasteiger partial charge is 0.505 e. The second-order valence-electron chi connectivity index (χ2n) is 4.47. The molecule has 0 radical (unpaired) electrons. The third-order valence-corrected chi connectivity index (χ3v) is 7.35. The Morgan fingerprint density at radius 2 is 1.45 bits per heavy atom. The molecule has 0 aromatic heterocycles. The molecule has 0 N–H and O–H groups in total. The highest BCUT2D eigenvalue weighted by Gasteiger charge is 2.48. The monoisotopic (exact) mass is 314 g/mol. The minimum atomic E-state index is -2.68. The summed E-state index contributed by atoms with van der Waals surface area (Å²) in [5, 5.41) is 0. The fraction of sp³-hybridized carbons (Fsp3) is 0.600. The Bertz CT molecular complexity index is 344. The van der Waals surface area contributed by atoms with Crippen molar-refractivity contribution in [1.82, 2.24) is 0 Å². The van der Waals surface area contributed by atoms with E-state index in [1.54, 1.807) is 0 Å². The maximum absolute atomic E-state index is 5.98. The third-order valence-electron chi connectivity index (χ3n) is 3.08. The van der Waals surface area contributed by atoms with Gasteiger partial charge >= 0.3 is 8.80 Å². The predicted molar refractivity (Wildman–Crippen MR) is 88.4 cm³/mol. The zero-order valence-corrected chi connectivity index (χ0v) is 14.6. The second-order valence-corrected chi connectivity index (χ2v) is 7.73. The van der Waals surface area contributed by atoms with Gasteiger partial charge in [-0.15, -0.1) is 0 Å². The molecule has 0 aliphatic carbocycles. The Kier molecular flexibility index (Phi) is 8.48. The highest BCUT2D eigenvalue weighted by Crippen LogP contribution is 2.30. The van der Waals surface area contributed by atoms with Gasteiger partial charge in [-0.2, -0.15) is 12.6 Å². The molecule has 5 heteroatoms. The highest BCUT2D eigenvalue weighted by molar-refractivity contribution is 7.80. The normalized spacial score (nSPS) is 13.4. The zero-order valence-electron chi connectivity index (χ0n) is 12.7. The van der Waals surface area contributed by atoms with Crippen LogP contribution in [-0.2, 0) is 19.7 Å². The van der Waals surface area contributed by atoms with Gasteiger partial charge in [-0.1, -0.05) is 30.3 Å². The van der Waals surface area contributed by atoms with Crippen LogP contribution >= 0.6 is 12.6 Å². The van der Waals surface area contributed by atoms with Crippen LogP contribution in [0.15, 0.2) is 30.3 Å². The van der Waals surface area contributed by atoms with E-state index in [1.807, 2.05) is 26.8 Å². The molecule has 1 atom stereocenters. The first kappa shape index (κ1) is 17.7. The topological polar surface area (TPSA) is 27.7 Å². The van der Waals surface area contributed by atoms with E-state index in [4.69, 9.17) is 13.3 Å². The molecule has 0 saturated carbocycles. The highest BCUT2D eigenvalue weighted by atomic mass is 32.1. The van der Waals surface area contributed by atoms with Crippen molar-refractivity contribution in [2.45, 2.75) is 32.7 Å². The van der Waals surface area contributed by atoms with Gasteiger partial charge in [0.25, 0.3) is 0 Å². The SMILES string of the molecule is CCO[Si](OCC)(OCC)C(CS)Cc1ccccc1. The number of hydrogen-bond acceptors (Lipinski definition) is 4. The Labute approximate surface area is 129 Å². The summed E-state index contributed by atoms with van der Waals surface area (Å²) >= 11 is 4.51. The lowest BCUT2D eigenvalue weighted by Gasteiger charge is -2.34. The zero-order chi connectivity index (χ0) is 14.8. The van der Waals surface area contributed by atoms with E-state index in [0.717, 1.165) is 6.42 Å². The molecule has 1 unspecified atom stereocenters. The average Bonchev–Trinajstić information content (AvgIpc) is 2.46. The van der Waals surface area contributed by atoms with Crippen LogP contribution in [0.1, 0.15) is 26.3 Å². The molecule has 114 valence electrons. The van der Waals surface area contributed by atoms with Crippen molar-refractivity contribution in [1.29, 1.82) is 0 Å². The van der Waals surface area contributed by atoms with E-state index >= 15 is 0 Å². The van der Waals surface area contributed by atoms with Gasteiger partial charge in [0.1, 0.15) is 0 Å². The van der Waals surface area contributed by atoms with Crippen LogP contribution in [0.25, 0.3) is 0 Å². The van der Waals surface area contributed by atoms with Crippen LogP contribution in [0.4, 0.5) is 0 Å². The summed E-state index contributed by atoms with van der Waals surface area (Å²) in [6, 6.07) is 10.4. The maximum Gasteiger partial charge on any atom is 0.505 e. The second kappa shape index (κ2) is 9.58. The van der Waals surface area contributed by atoms with Gasteiger partial charge in [0.05, 0.1) is 0 Å². The van der Waals surface area contributed by atoms with Gasteiger partial charge in [-0.3, -0.25) is 0 Å². The van der Waals surface area contributed by atoms with Crippen molar-refractivity contribution < 1.29 is 13.3 Å². The Morgan fingerprint density at radius 3 is 1.85 bits per heavy atom. The Balaban J connectivity index is 2.93. The molecule has 0 aliphatic rings. The maximum atomic E-state index is 5.98. The van der Waals surface area contributed by atoms with E-state index < -0.39 is 8.80 Å². The first-order chi connectivity index (χ1) is 9.72. The Morgan fingerprint density at radius 1 is 0.950 bits per heavy atom. The molecule has 1 aromatic rings. The van der Waals surface area contributed by atoms with E-state index in [2.05, 4.69) is 36.9 Å². The number of rotatable bonds is 10. The molecular weight excluding hydrogens is 288 g/mol. The summed E-state index contributed by atoms with van der Waals surface area (Å²) < 4.78 is 17.9. The molecule has 0 saturated heterocycles. The van der Waals surface area contributed by atoms with Crippen molar-refractivity contribution in [3.8, 4) is 0 Å². The Hall–Kier alpha value is -0.333. The quantitative estimate of drug-likeness (QED) is 0.528. The molecule has 0 spiro atoms. The molecule has 0 fully saturated rings. The number of benzene rings is 1. The molecule has 0 heterocycles. The lowest BCUT2D eigenvalue weighted by Crippen LogP contribution is -2.51. The van der Waals surface area contributed by atoms with Crippen molar-refractivity contribution in [3.05, 3.63) is 35.9 Å². The summed E-state index contributed by atoms with van der Waals surface area (Å²) in [4.78, 5) is 0. The summed E-state index contributed by atoms with van der Waals surface area (Å²) in [6.45, 7) is 7.76. The lowest BCUT2D eigenvalue weighted by atomic mass is 10.1. The van der Waals surface area contributed by atoms with Crippen molar-refractivity contribution >= 4 is 21.4 Å². The smallest absolute Gasteiger partial charge is 0.374 e. The molecule has 1 rings (SSSR count). The number of hydrogen-bond donors (Lipinski definition) is 1. The minimum Gasteiger partial charge on any atom is -0.374 e. The minimum absolute atomic E-state index is 0.174. The fourth-order valence-corrected chi connectivity index (χ4v) is 5.96. The lowest BCUT2D eigenvalue weighted by molar-refractivity contribution is 0.0629. The van der Waals surface area contributed by atoms with Crippen LogP contribution < -0.4 is 0 Å². The summed E-state index contributed by atoms with van der Waals surface area (Å²) in [6.07, 6.45) is 0.872. The summed E-state index contributed by atoms with van der Waals surface area (Å²) in [5.74, 6) is 0.696. The number of thiol groups is 1. The van der Waals surface area contributed by atoms with Crippen LogP contribution in [0.3, 0.4) is 0 Å². The van der Waals surface area contributed by atoms with Gasteiger partial charge < -0.3 is 13.3 Å². The van der Waals surface area contributed by atoms with E-state index in [0.29, 0.717) is 25.6 Å². The van der Waals surface area contributed by atoms with E-state index in [1.165, 1.54) is 5.56 Å². The van der Waals surface area contributed by atoms with Gasteiger partial charge in [-0.05, 0) is 38.5 Å². The van der Waals surface area contributed by atoms with Crippen LogP contribution in [-0.4, -0.2) is 34.4 Å². The third kappa shape index (κ3) is 4.89.